The third kappa shape index (κ3) is 7.04. The zero-order valence-corrected chi connectivity index (χ0v) is 26.0. The Kier molecular flexibility index (Phi) is 9.87. The summed E-state index contributed by atoms with van der Waals surface area (Å²) in [5, 5.41) is 6.53. The summed E-state index contributed by atoms with van der Waals surface area (Å²) in [6.07, 6.45) is 3.65. The van der Waals surface area contributed by atoms with E-state index in [1.165, 1.54) is 12.1 Å². The lowest BCUT2D eigenvalue weighted by Gasteiger charge is -2.18. The van der Waals surface area contributed by atoms with Crippen LogP contribution in [0.5, 0.6) is 0 Å². The number of nitrogens with zero attached hydrogens (tertiary/aromatic N) is 4. The van der Waals surface area contributed by atoms with Crippen molar-refractivity contribution in [3.05, 3.63) is 93.5 Å². The van der Waals surface area contributed by atoms with E-state index >= 15 is 8.78 Å². The van der Waals surface area contributed by atoms with E-state index in [2.05, 4.69) is 34.4 Å². The highest BCUT2D eigenvalue weighted by Gasteiger charge is 2.21. The van der Waals surface area contributed by atoms with Crippen LogP contribution in [0.15, 0.2) is 65.2 Å². The molecule has 1 amide bonds. The first-order valence-corrected chi connectivity index (χ1v) is 15.3. The summed E-state index contributed by atoms with van der Waals surface area (Å²) < 4.78 is 36.7. The summed E-state index contributed by atoms with van der Waals surface area (Å²) in [7, 11) is 0. The molecule has 0 spiro atoms. The number of rotatable bonds is 12. The molecule has 3 heterocycles. The van der Waals surface area contributed by atoms with Gasteiger partial charge in [0.2, 0.25) is 5.95 Å². The predicted molar refractivity (Wildman–Crippen MR) is 172 cm³/mol. The Morgan fingerprint density at radius 2 is 1.84 bits per heavy atom. The van der Waals surface area contributed by atoms with Crippen molar-refractivity contribution in [3.63, 3.8) is 0 Å². The van der Waals surface area contributed by atoms with Crippen LogP contribution in [0, 0.1) is 18.6 Å². The summed E-state index contributed by atoms with van der Waals surface area (Å²) in [5.74, 6) is -1.17. The third-order valence-corrected chi connectivity index (χ3v) is 7.95. The number of aryl methyl sites for hydroxylation is 1. The number of hydrogen-bond acceptors (Lipinski definition) is 7. The van der Waals surface area contributed by atoms with Gasteiger partial charge in [0.25, 0.3) is 11.5 Å². The van der Waals surface area contributed by atoms with E-state index in [-0.39, 0.29) is 30.2 Å². The van der Waals surface area contributed by atoms with Crippen LogP contribution in [0.25, 0.3) is 28.0 Å². The first kappa shape index (κ1) is 31.8. The van der Waals surface area contributed by atoms with Gasteiger partial charge in [0.05, 0.1) is 18.3 Å². The van der Waals surface area contributed by atoms with Crippen molar-refractivity contribution >= 4 is 22.9 Å². The number of carbonyl (C=O) groups excluding carboxylic acids is 1. The molecule has 0 aliphatic carbocycles. The van der Waals surface area contributed by atoms with Gasteiger partial charge in [-0.3, -0.25) is 14.2 Å². The number of anilines is 1. The molecular weight excluding hydrogens is 578 g/mol. The van der Waals surface area contributed by atoms with Crippen LogP contribution in [-0.2, 0) is 4.74 Å². The highest BCUT2D eigenvalue weighted by atomic mass is 19.1. The van der Waals surface area contributed by atoms with Crippen molar-refractivity contribution in [2.75, 3.05) is 38.0 Å². The minimum Gasteiger partial charge on any atom is -0.493 e. The van der Waals surface area contributed by atoms with Crippen LogP contribution < -0.4 is 16.2 Å². The number of fused-ring (bicyclic) bond motifs is 1. The zero-order valence-electron chi connectivity index (χ0n) is 26.0. The fraction of sp³-hybridized carbons (Fsp3) is 0.353. The molecule has 1 unspecified atom stereocenters. The molecular formula is C34H38F2N6O3. The molecule has 9 nitrogen and oxygen atoms in total. The molecule has 0 saturated heterocycles. The number of pyridine rings is 1. The lowest BCUT2D eigenvalue weighted by molar-refractivity contribution is 0.0939. The van der Waals surface area contributed by atoms with Crippen LogP contribution in [-0.4, -0.2) is 64.2 Å². The summed E-state index contributed by atoms with van der Waals surface area (Å²) in [6, 6.07) is 11.5. The number of benzene rings is 2. The molecule has 1 aliphatic rings. The highest BCUT2D eigenvalue weighted by Crippen LogP contribution is 2.32. The van der Waals surface area contributed by atoms with Crippen molar-refractivity contribution in [2.45, 2.75) is 46.6 Å². The van der Waals surface area contributed by atoms with Gasteiger partial charge in [-0.2, -0.15) is 4.98 Å². The molecule has 5 rings (SSSR count). The molecule has 0 saturated carbocycles. The number of para-hydroxylation sites is 1. The van der Waals surface area contributed by atoms with Gasteiger partial charge in [0, 0.05) is 35.5 Å². The minimum absolute atomic E-state index is 0.0384. The number of amides is 1. The summed E-state index contributed by atoms with van der Waals surface area (Å²) in [5.41, 5.74) is 1.11. The monoisotopic (exact) mass is 616 g/mol. The summed E-state index contributed by atoms with van der Waals surface area (Å²) >= 11 is 0. The van der Waals surface area contributed by atoms with Crippen LogP contribution in [0.1, 0.15) is 49.5 Å². The standard InChI is InChI=1S/C34H38F2N6O3/c1-5-41(6-2)18-8-17-37-34-39-30(25-15-16-29(43)42(32(25)40-34)31-27(35)9-7-10-28(31)36)26-19-23(13-11-21(26)3)33(44)38-20-24-14-12-22(4)45-24/h7,9-11,13-16,19,22H,5-6,8,12,17-18,20H2,1-4H3,(H,38,44)(H,37,39,40). The SMILES string of the molecule is CCN(CC)CCCNc1nc(-c2cc(C(=O)NCC3=CCC(C)O3)ccc2C)c2ccc(=O)n(-c3c(F)cccc3F)c2n1. The van der Waals surface area contributed by atoms with Gasteiger partial charge in [-0.1, -0.05) is 26.0 Å². The maximum atomic E-state index is 15.1. The Balaban J connectivity index is 1.59. The topological polar surface area (TPSA) is 101 Å². The minimum atomic E-state index is -0.899. The number of hydrogen-bond donors (Lipinski definition) is 2. The van der Waals surface area contributed by atoms with Crippen molar-refractivity contribution < 1.29 is 18.3 Å². The molecule has 2 N–H and O–H groups in total. The molecule has 2 aromatic heterocycles. The smallest absolute Gasteiger partial charge is 0.256 e. The van der Waals surface area contributed by atoms with Crippen molar-refractivity contribution in [1.29, 1.82) is 0 Å². The first-order chi connectivity index (χ1) is 21.7. The molecule has 11 heteroatoms. The quantitative estimate of drug-likeness (QED) is 0.200. The van der Waals surface area contributed by atoms with E-state index in [0.717, 1.165) is 60.5 Å². The zero-order chi connectivity index (χ0) is 32.1. The average Bonchev–Trinajstić information content (AvgIpc) is 3.45. The second-order valence-electron chi connectivity index (χ2n) is 11.1. The van der Waals surface area contributed by atoms with E-state index < -0.39 is 22.9 Å². The fourth-order valence-electron chi connectivity index (χ4n) is 5.41. The van der Waals surface area contributed by atoms with Gasteiger partial charge >= 0.3 is 0 Å². The Morgan fingerprint density at radius 1 is 1.09 bits per heavy atom. The van der Waals surface area contributed by atoms with Gasteiger partial charge in [0.15, 0.2) is 5.65 Å². The summed E-state index contributed by atoms with van der Waals surface area (Å²) in [4.78, 5) is 38.1. The van der Waals surface area contributed by atoms with Gasteiger partial charge in [-0.15, -0.1) is 0 Å². The third-order valence-electron chi connectivity index (χ3n) is 7.95. The number of aromatic nitrogens is 3. The predicted octanol–water partition coefficient (Wildman–Crippen LogP) is 5.60. The molecule has 2 aromatic carbocycles. The van der Waals surface area contributed by atoms with Crippen molar-refractivity contribution in [1.82, 2.24) is 24.8 Å². The van der Waals surface area contributed by atoms with Gasteiger partial charge in [-0.05, 0) is 81.9 Å². The maximum absolute atomic E-state index is 15.1. The summed E-state index contributed by atoms with van der Waals surface area (Å²) in [6.45, 7) is 11.6. The van der Waals surface area contributed by atoms with E-state index in [4.69, 9.17) is 9.72 Å². The van der Waals surface area contributed by atoms with Crippen LogP contribution in [0.3, 0.4) is 0 Å². The van der Waals surface area contributed by atoms with Crippen LogP contribution >= 0.6 is 0 Å². The maximum Gasteiger partial charge on any atom is 0.256 e. The molecule has 1 atom stereocenters. The Hall–Kier alpha value is -4.64. The van der Waals surface area contributed by atoms with E-state index in [9.17, 15) is 9.59 Å². The Bertz CT molecular complexity index is 1780. The Morgan fingerprint density at radius 3 is 2.53 bits per heavy atom. The first-order valence-electron chi connectivity index (χ1n) is 15.3. The molecule has 0 fully saturated rings. The molecule has 4 aromatic rings. The van der Waals surface area contributed by atoms with E-state index in [1.807, 2.05) is 26.0 Å². The molecule has 45 heavy (non-hydrogen) atoms. The molecule has 0 bridgehead atoms. The molecule has 236 valence electrons. The second kappa shape index (κ2) is 14.0. The highest BCUT2D eigenvalue weighted by molar-refractivity contribution is 5.98. The normalized spacial score (nSPS) is 14.5. The second-order valence-corrected chi connectivity index (χ2v) is 11.1. The van der Waals surface area contributed by atoms with E-state index in [0.29, 0.717) is 28.8 Å². The number of carbonyl (C=O) groups is 1. The number of halogens is 2. The van der Waals surface area contributed by atoms with Crippen LogP contribution in [0.4, 0.5) is 14.7 Å². The van der Waals surface area contributed by atoms with Gasteiger partial charge in [0.1, 0.15) is 23.1 Å². The lowest BCUT2D eigenvalue weighted by atomic mass is 9.99. The fourth-order valence-corrected chi connectivity index (χ4v) is 5.41. The Labute approximate surface area is 261 Å². The lowest BCUT2D eigenvalue weighted by Crippen LogP contribution is -2.26. The number of ether oxygens (including phenoxy) is 1. The average molecular weight is 617 g/mol. The van der Waals surface area contributed by atoms with Gasteiger partial charge in [-0.25, -0.2) is 13.8 Å². The largest absolute Gasteiger partial charge is 0.493 e. The van der Waals surface area contributed by atoms with Crippen molar-refractivity contribution in [3.8, 4) is 16.9 Å². The molecule has 1 aliphatic heterocycles. The number of nitrogens with one attached hydrogen (secondary N) is 2. The molecule has 0 radical (unpaired) electrons. The van der Waals surface area contributed by atoms with Crippen LogP contribution in [0.2, 0.25) is 0 Å². The van der Waals surface area contributed by atoms with Crippen molar-refractivity contribution in [2.24, 2.45) is 0 Å². The van der Waals surface area contributed by atoms with Gasteiger partial charge < -0.3 is 20.3 Å². The van der Waals surface area contributed by atoms with E-state index in [1.54, 1.807) is 18.2 Å².